The first-order valence-electron chi connectivity index (χ1n) is 17.0. The Balaban J connectivity index is 0.000000821. The second-order valence-electron chi connectivity index (χ2n) is 12.7. The minimum absolute atomic E-state index is 1.28. The highest BCUT2D eigenvalue weighted by atomic mass is 19.2. The molecule has 59 heavy (non-hydrogen) atoms. The van der Waals surface area contributed by atoms with Gasteiger partial charge in [-0.1, -0.05) is 20.8 Å². The van der Waals surface area contributed by atoms with E-state index in [2.05, 4.69) is 25.7 Å². The van der Waals surface area contributed by atoms with Crippen LogP contribution in [-0.4, -0.2) is 24.5 Å². The summed E-state index contributed by atoms with van der Waals surface area (Å²) in [5, 5.41) is 0. The zero-order chi connectivity index (χ0) is 45.2. The largest absolute Gasteiger partial charge is 0.324 e. The molecule has 2 nitrogen and oxygen atoms in total. The molecule has 0 amide bonds. The fourth-order valence-corrected chi connectivity index (χ4v) is 6.44. The molecule has 0 aliphatic carbocycles. The molecule has 0 saturated heterocycles. The van der Waals surface area contributed by atoms with E-state index in [0.717, 1.165) is 0 Å². The van der Waals surface area contributed by atoms with Crippen molar-refractivity contribution in [3.05, 3.63) is 139 Å². The third-order valence-corrected chi connectivity index (χ3v) is 8.97. The molecule has 0 aromatic heterocycles. The molecule has 0 heterocycles. The molecule has 0 aliphatic rings. The van der Waals surface area contributed by atoms with Gasteiger partial charge in [-0.3, -0.25) is 0 Å². The Morgan fingerprint density at radius 3 is 0.780 bits per heavy atom. The maximum absolute atomic E-state index is 15.5. The molecule has 4 aromatic carbocycles. The second-order valence-corrected chi connectivity index (χ2v) is 12.7. The summed E-state index contributed by atoms with van der Waals surface area (Å²) in [5.41, 5.74) is -11.2. The van der Waals surface area contributed by atoms with Gasteiger partial charge in [0.05, 0.1) is 5.41 Å². The summed E-state index contributed by atoms with van der Waals surface area (Å²) in [6, 6.07) is -2.99. The van der Waals surface area contributed by atoms with Gasteiger partial charge in [0.1, 0.15) is 0 Å². The molecule has 2 N–H and O–H groups in total. The van der Waals surface area contributed by atoms with Gasteiger partial charge < -0.3 is 10.6 Å². The summed E-state index contributed by atoms with van der Waals surface area (Å²) in [5.74, 6) is -63.8. The number of benzene rings is 4. The lowest BCUT2D eigenvalue weighted by atomic mass is 9.64. The van der Waals surface area contributed by atoms with Gasteiger partial charge in [-0.05, 0) is 51.7 Å². The van der Waals surface area contributed by atoms with E-state index in [1.807, 2.05) is 0 Å². The fraction of sp³-hybridized carbons (Fsp3) is 0.351. The van der Waals surface area contributed by atoms with E-state index in [1.165, 1.54) is 38.9 Å². The van der Waals surface area contributed by atoms with E-state index in [0.29, 0.717) is 0 Å². The summed E-state index contributed by atoms with van der Waals surface area (Å²) < 4.78 is 292. The zero-order valence-corrected chi connectivity index (χ0v) is 30.3. The lowest BCUT2D eigenvalue weighted by Gasteiger charge is -2.38. The minimum Gasteiger partial charge on any atom is -0.324 e. The van der Waals surface area contributed by atoms with Crippen molar-refractivity contribution >= 4 is 0 Å². The third kappa shape index (κ3) is 8.56. The monoisotopic (exact) mass is 880 g/mol. The molecule has 0 fully saturated rings. The first kappa shape index (κ1) is 48.8. The first-order chi connectivity index (χ1) is 27.4. The minimum atomic E-state index is -5.10. The van der Waals surface area contributed by atoms with E-state index in [1.54, 1.807) is 0 Å². The van der Waals surface area contributed by atoms with Gasteiger partial charge in [-0.25, -0.2) is 87.8 Å². The SMILES string of the molecule is CCCN(CCC)CCC.NC(CCC(c1c(F)c(F)c(F)c(F)c1F)(c1c(F)c(F)c(F)c(F)c1F)c1c(F)c(F)c(F)c(F)c1F)c1c(F)c(F)c(F)c(F)c1F. The highest BCUT2D eigenvalue weighted by Crippen LogP contribution is 2.52. The van der Waals surface area contributed by atoms with E-state index in [4.69, 9.17) is 5.73 Å². The molecule has 0 radical (unpaired) electrons. The van der Waals surface area contributed by atoms with Crippen LogP contribution in [0.4, 0.5) is 87.8 Å². The second kappa shape index (κ2) is 19.2. The molecule has 326 valence electrons. The number of nitrogens with zero attached hydrogens (tertiary/aromatic N) is 1. The Bertz CT molecular complexity index is 1930. The van der Waals surface area contributed by atoms with Gasteiger partial charge in [-0.2, -0.15) is 0 Å². The Labute approximate surface area is 321 Å². The molecule has 0 spiro atoms. The van der Waals surface area contributed by atoms with Crippen LogP contribution < -0.4 is 5.73 Å². The number of nitrogens with two attached hydrogens (primary N) is 1. The summed E-state index contributed by atoms with van der Waals surface area (Å²) in [7, 11) is 0. The molecule has 1 atom stereocenters. The van der Waals surface area contributed by atoms with Crippen molar-refractivity contribution < 1.29 is 87.8 Å². The predicted octanol–water partition coefficient (Wildman–Crippen LogP) is 11.8. The van der Waals surface area contributed by atoms with Crippen LogP contribution in [0.2, 0.25) is 0 Å². The van der Waals surface area contributed by atoms with Crippen LogP contribution in [0.5, 0.6) is 0 Å². The van der Waals surface area contributed by atoms with E-state index in [-0.39, 0.29) is 0 Å². The molecule has 0 aliphatic heterocycles. The Morgan fingerprint density at radius 2 is 0.559 bits per heavy atom. The highest BCUT2D eigenvalue weighted by Gasteiger charge is 2.53. The molecule has 1 unspecified atom stereocenters. The van der Waals surface area contributed by atoms with Crippen molar-refractivity contribution in [3.8, 4) is 0 Å². The smallest absolute Gasteiger partial charge is 0.200 e. The van der Waals surface area contributed by atoms with Crippen molar-refractivity contribution in [2.45, 2.75) is 64.3 Å². The summed E-state index contributed by atoms with van der Waals surface area (Å²) in [6.45, 7) is 10.6. The van der Waals surface area contributed by atoms with Gasteiger partial charge in [0, 0.05) is 28.3 Å². The molecule has 4 rings (SSSR count). The van der Waals surface area contributed by atoms with Crippen LogP contribution in [0.15, 0.2) is 0 Å². The number of hydrogen-bond acceptors (Lipinski definition) is 2. The zero-order valence-electron chi connectivity index (χ0n) is 30.3. The lowest BCUT2D eigenvalue weighted by molar-refractivity contribution is 0.275. The molecule has 0 saturated carbocycles. The van der Waals surface area contributed by atoms with Crippen molar-refractivity contribution in [3.63, 3.8) is 0 Å². The first-order valence-corrected chi connectivity index (χ1v) is 17.0. The summed E-state index contributed by atoms with van der Waals surface area (Å²) >= 11 is 0. The van der Waals surface area contributed by atoms with Gasteiger partial charge in [0.15, 0.2) is 93.1 Å². The van der Waals surface area contributed by atoms with Gasteiger partial charge >= 0.3 is 0 Å². The van der Waals surface area contributed by atoms with Crippen molar-refractivity contribution in [1.82, 2.24) is 4.90 Å². The van der Waals surface area contributed by atoms with Crippen LogP contribution in [0.3, 0.4) is 0 Å². The quantitative estimate of drug-likeness (QED) is 0.0627. The fourth-order valence-electron chi connectivity index (χ4n) is 6.44. The van der Waals surface area contributed by atoms with Crippen molar-refractivity contribution in [2.75, 3.05) is 19.6 Å². The predicted molar refractivity (Wildman–Crippen MR) is 168 cm³/mol. The average molecular weight is 881 g/mol. The number of halogens is 20. The molecular formula is C37H28F20N2. The lowest BCUT2D eigenvalue weighted by Crippen LogP contribution is -2.39. The topological polar surface area (TPSA) is 29.3 Å². The van der Waals surface area contributed by atoms with Crippen molar-refractivity contribution in [1.29, 1.82) is 0 Å². The summed E-state index contributed by atoms with van der Waals surface area (Å²) in [6.07, 6.45) is -0.750. The van der Waals surface area contributed by atoms with Crippen LogP contribution in [-0.2, 0) is 5.41 Å². The van der Waals surface area contributed by atoms with E-state index >= 15 is 26.3 Å². The normalized spacial score (nSPS) is 12.4. The number of rotatable bonds is 13. The van der Waals surface area contributed by atoms with E-state index in [9.17, 15) is 61.5 Å². The maximum atomic E-state index is 15.5. The van der Waals surface area contributed by atoms with Crippen molar-refractivity contribution in [2.24, 2.45) is 5.73 Å². The molecule has 22 heteroatoms. The van der Waals surface area contributed by atoms with Gasteiger partial charge in [-0.15, -0.1) is 0 Å². The van der Waals surface area contributed by atoms with Crippen LogP contribution >= 0.6 is 0 Å². The van der Waals surface area contributed by atoms with Crippen LogP contribution in [0.1, 0.15) is 81.2 Å². The maximum Gasteiger partial charge on any atom is 0.200 e. The molecular weight excluding hydrogens is 852 g/mol. The molecule has 0 bridgehead atoms. The highest BCUT2D eigenvalue weighted by molar-refractivity contribution is 5.55. The Kier molecular flexibility index (Phi) is 15.9. The standard InChI is InChI=1S/C28H7F20N.C9H21N/c29-8-4(9(30)17(38)24(45)16(8)37)3(49)1-2-28(5-10(31)18(39)25(46)19(40)11(5)32,6-12(33)20(41)26(47)21(42)13(6)34)7-14(35)22(43)27(48)23(44)15(7)36;1-4-7-10(8-5-2)9-6-3/h3H,1-2,49H2;4-9H2,1-3H3. The van der Waals surface area contributed by atoms with E-state index < -0.39 is 163 Å². The van der Waals surface area contributed by atoms with Gasteiger partial charge in [0.2, 0.25) is 23.3 Å². The van der Waals surface area contributed by atoms with Crippen LogP contribution in [0.25, 0.3) is 0 Å². The third-order valence-electron chi connectivity index (χ3n) is 8.97. The Hall–Kier alpha value is -4.60. The molecule has 4 aromatic rings. The number of hydrogen-bond donors (Lipinski definition) is 1. The van der Waals surface area contributed by atoms with Crippen LogP contribution in [0, 0.1) is 116 Å². The average Bonchev–Trinajstić information content (AvgIpc) is 3.20. The summed E-state index contributed by atoms with van der Waals surface area (Å²) in [4.78, 5) is 2.54. The Morgan fingerprint density at radius 1 is 0.356 bits per heavy atom. The van der Waals surface area contributed by atoms with Gasteiger partial charge in [0.25, 0.3) is 0 Å².